The molecule has 158 valence electrons. The SMILES string of the molecule is C=C(C)C(Cc1ccc(OC)cc1)(C(=O)O)N1C(=O)C(NC(=O)CCl)C1S(=O)Cl. The van der Waals surface area contributed by atoms with Crippen molar-refractivity contribution in [1.29, 1.82) is 0 Å². The van der Waals surface area contributed by atoms with Gasteiger partial charge >= 0.3 is 5.97 Å². The van der Waals surface area contributed by atoms with Crippen LogP contribution < -0.4 is 10.1 Å². The lowest BCUT2D eigenvalue weighted by atomic mass is 9.80. The van der Waals surface area contributed by atoms with E-state index in [2.05, 4.69) is 11.9 Å². The number of alkyl halides is 1. The van der Waals surface area contributed by atoms with Crippen LogP contribution in [-0.2, 0) is 30.8 Å². The Bertz CT molecular complexity index is 846. The Hall–Kier alpha value is -2.10. The second-order valence-corrected chi connectivity index (χ2v) is 8.66. The first-order chi connectivity index (χ1) is 13.6. The van der Waals surface area contributed by atoms with Crippen LogP contribution in [0.5, 0.6) is 5.75 Å². The molecular formula is C18H20Cl2N2O6S. The predicted octanol–water partition coefficient (Wildman–Crippen LogP) is 1.43. The van der Waals surface area contributed by atoms with Crippen LogP contribution in [0.2, 0.25) is 0 Å². The van der Waals surface area contributed by atoms with Gasteiger partial charge in [0.2, 0.25) is 5.91 Å². The molecule has 11 heteroatoms. The third-order valence-electron chi connectivity index (χ3n) is 4.76. The molecule has 0 aromatic heterocycles. The zero-order chi connectivity index (χ0) is 21.9. The van der Waals surface area contributed by atoms with Gasteiger partial charge in [-0.3, -0.25) is 9.59 Å². The highest BCUT2D eigenvalue weighted by Gasteiger charge is 2.62. The number of benzene rings is 1. The number of nitrogens with zero attached hydrogens (tertiary/aromatic N) is 1. The maximum atomic E-state index is 12.8. The second kappa shape index (κ2) is 9.15. The summed E-state index contributed by atoms with van der Waals surface area (Å²) in [6.45, 7) is 5.22. The summed E-state index contributed by atoms with van der Waals surface area (Å²) >= 11 is 5.45. The Labute approximate surface area is 179 Å². The second-order valence-electron chi connectivity index (χ2n) is 6.50. The predicted molar refractivity (Wildman–Crippen MR) is 109 cm³/mol. The van der Waals surface area contributed by atoms with Crippen LogP contribution in [0.4, 0.5) is 0 Å². The van der Waals surface area contributed by atoms with E-state index in [-0.39, 0.29) is 12.0 Å². The molecular weight excluding hydrogens is 443 g/mol. The van der Waals surface area contributed by atoms with Gasteiger partial charge in [0.1, 0.15) is 27.7 Å². The van der Waals surface area contributed by atoms with Crippen molar-refractivity contribution in [3.63, 3.8) is 0 Å². The monoisotopic (exact) mass is 462 g/mol. The molecule has 1 aromatic rings. The molecule has 0 radical (unpaired) electrons. The number of carboxylic acid groups (broad SMARTS) is 1. The molecule has 0 spiro atoms. The number of methoxy groups -OCH3 is 1. The van der Waals surface area contributed by atoms with E-state index in [0.717, 1.165) is 4.90 Å². The van der Waals surface area contributed by atoms with E-state index in [1.54, 1.807) is 24.3 Å². The number of hydrogen-bond donors (Lipinski definition) is 2. The Kier molecular flexibility index (Phi) is 7.31. The number of β-lactam (4-membered cyclic amide) rings is 1. The van der Waals surface area contributed by atoms with Crippen molar-refractivity contribution in [2.45, 2.75) is 30.3 Å². The topological polar surface area (TPSA) is 113 Å². The summed E-state index contributed by atoms with van der Waals surface area (Å²) in [5, 5.41) is 11.2. The maximum absolute atomic E-state index is 12.8. The van der Waals surface area contributed by atoms with Gasteiger partial charge in [0.25, 0.3) is 5.91 Å². The first-order valence-corrected chi connectivity index (χ1v) is 10.9. The third-order valence-corrected chi connectivity index (χ3v) is 6.41. The van der Waals surface area contributed by atoms with E-state index in [1.807, 2.05) is 0 Å². The molecule has 1 aromatic carbocycles. The number of aliphatic carboxylic acids is 1. The molecule has 2 amide bonds. The zero-order valence-electron chi connectivity index (χ0n) is 15.7. The van der Waals surface area contributed by atoms with Crippen molar-refractivity contribution in [1.82, 2.24) is 10.2 Å². The normalized spacial score (nSPS) is 21.5. The molecule has 2 rings (SSSR count). The Morgan fingerprint density at radius 3 is 2.38 bits per heavy atom. The molecule has 1 aliphatic heterocycles. The molecule has 2 N–H and O–H groups in total. The van der Waals surface area contributed by atoms with Crippen molar-refractivity contribution in [2.24, 2.45) is 0 Å². The van der Waals surface area contributed by atoms with E-state index in [1.165, 1.54) is 14.0 Å². The number of rotatable bonds is 9. The number of hydrogen-bond acceptors (Lipinski definition) is 5. The number of carbonyl (C=O) groups excluding carboxylic acids is 2. The van der Waals surface area contributed by atoms with E-state index in [0.29, 0.717) is 11.3 Å². The molecule has 1 saturated heterocycles. The minimum absolute atomic E-state index is 0.142. The highest BCUT2D eigenvalue weighted by molar-refractivity contribution is 8.08. The minimum Gasteiger partial charge on any atom is -0.497 e. The summed E-state index contributed by atoms with van der Waals surface area (Å²) in [7, 11) is 5.10. The molecule has 1 heterocycles. The fourth-order valence-electron chi connectivity index (χ4n) is 3.25. The molecule has 4 atom stereocenters. The number of amides is 2. The highest BCUT2D eigenvalue weighted by Crippen LogP contribution is 2.39. The molecule has 0 saturated carbocycles. The quantitative estimate of drug-likeness (QED) is 0.248. The number of carboxylic acids is 1. The first-order valence-electron chi connectivity index (χ1n) is 8.37. The van der Waals surface area contributed by atoms with Gasteiger partial charge in [0.05, 0.1) is 7.11 Å². The standard InChI is InChI=1S/C18H20Cl2N2O6S/c1-10(2)18(17(25)26,8-11-4-6-12(28-3)7-5-11)22-15(24)14(16(22)29(20)27)21-13(23)9-19/h4-7,14,16H,1,8-9H2,2-3H3,(H,21,23)(H,25,26). The lowest BCUT2D eigenvalue weighted by Crippen LogP contribution is -2.79. The van der Waals surface area contributed by atoms with Gasteiger partial charge in [-0.05, 0) is 40.9 Å². The van der Waals surface area contributed by atoms with Crippen LogP contribution in [-0.4, -0.2) is 61.9 Å². The lowest BCUT2D eigenvalue weighted by molar-refractivity contribution is -0.169. The van der Waals surface area contributed by atoms with Crippen molar-refractivity contribution >= 4 is 50.1 Å². The molecule has 4 unspecified atom stereocenters. The third kappa shape index (κ3) is 4.26. The summed E-state index contributed by atoms with van der Waals surface area (Å²) < 4.78 is 17.2. The molecule has 1 fully saturated rings. The number of halogens is 2. The highest BCUT2D eigenvalue weighted by atomic mass is 35.7. The van der Waals surface area contributed by atoms with Crippen molar-refractivity contribution in [2.75, 3.05) is 13.0 Å². The minimum atomic E-state index is -2.17. The summed E-state index contributed by atoms with van der Waals surface area (Å²) in [4.78, 5) is 37.7. The number of carbonyl (C=O) groups is 3. The van der Waals surface area contributed by atoms with Crippen LogP contribution in [0.3, 0.4) is 0 Å². The Morgan fingerprint density at radius 1 is 1.38 bits per heavy atom. The van der Waals surface area contributed by atoms with E-state index < -0.39 is 50.6 Å². The molecule has 29 heavy (non-hydrogen) atoms. The van der Waals surface area contributed by atoms with E-state index in [9.17, 15) is 23.7 Å². The number of ether oxygens (including phenoxy) is 1. The first kappa shape index (κ1) is 23.2. The van der Waals surface area contributed by atoms with E-state index >= 15 is 0 Å². The maximum Gasteiger partial charge on any atom is 0.334 e. The zero-order valence-corrected chi connectivity index (χ0v) is 18.0. The number of nitrogens with one attached hydrogen (secondary N) is 1. The summed E-state index contributed by atoms with van der Waals surface area (Å²) in [6.07, 6.45) is -0.145. The largest absolute Gasteiger partial charge is 0.497 e. The van der Waals surface area contributed by atoms with Crippen LogP contribution in [0.1, 0.15) is 12.5 Å². The summed E-state index contributed by atoms with van der Waals surface area (Å²) in [6, 6.07) is 5.37. The van der Waals surface area contributed by atoms with Gasteiger partial charge in [-0.2, -0.15) is 0 Å². The van der Waals surface area contributed by atoms with Gasteiger partial charge in [-0.1, -0.05) is 18.7 Å². The van der Waals surface area contributed by atoms with E-state index in [4.69, 9.17) is 27.0 Å². The fourth-order valence-corrected chi connectivity index (χ4v) is 4.72. The smallest absolute Gasteiger partial charge is 0.334 e. The average molecular weight is 463 g/mol. The van der Waals surface area contributed by atoms with Gasteiger partial charge in [-0.25, -0.2) is 9.00 Å². The van der Waals surface area contributed by atoms with Crippen molar-refractivity contribution in [3.8, 4) is 5.75 Å². The van der Waals surface area contributed by atoms with Gasteiger partial charge in [0.15, 0.2) is 10.9 Å². The Balaban J connectivity index is 2.49. The van der Waals surface area contributed by atoms with Crippen LogP contribution in [0.25, 0.3) is 0 Å². The molecule has 8 nitrogen and oxygen atoms in total. The van der Waals surface area contributed by atoms with Gasteiger partial charge in [-0.15, -0.1) is 11.6 Å². The Morgan fingerprint density at radius 2 is 1.97 bits per heavy atom. The van der Waals surface area contributed by atoms with Crippen molar-refractivity contribution in [3.05, 3.63) is 42.0 Å². The van der Waals surface area contributed by atoms with Crippen LogP contribution >= 0.6 is 22.3 Å². The fraction of sp³-hybridized carbons (Fsp3) is 0.389. The average Bonchev–Trinajstić information content (AvgIpc) is 2.68. The molecule has 0 bridgehead atoms. The van der Waals surface area contributed by atoms with Crippen LogP contribution in [0.15, 0.2) is 36.4 Å². The molecule has 1 aliphatic rings. The molecule has 0 aliphatic carbocycles. The van der Waals surface area contributed by atoms with Crippen LogP contribution in [0, 0.1) is 0 Å². The lowest BCUT2D eigenvalue weighted by Gasteiger charge is -2.53. The summed E-state index contributed by atoms with van der Waals surface area (Å²) in [5.74, 6) is -2.59. The van der Waals surface area contributed by atoms with Gasteiger partial charge < -0.3 is 20.1 Å². The summed E-state index contributed by atoms with van der Waals surface area (Å²) in [5.41, 5.74) is -1.19. The number of likely N-dealkylation sites (tertiary alicyclic amines) is 1. The van der Waals surface area contributed by atoms with Crippen molar-refractivity contribution < 1.29 is 28.4 Å². The van der Waals surface area contributed by atoms with Gasteiger partial charge in [0, 0.05) is 6.42 Å².